The van der Waals surface area contributed by atoms with Crippen molar-refractivity contribution in [2.75, 3.05) is 26.4 Å². The molecule has 0 radical (unpaired) electrons. The molecular weight excluding hydrogens is 573 g/mol. The fourth-order valence-electron chi connectivity index (χ4n) is 5.26. The third-order valence-corrected chi connectivity index (χ3v) is 9.75. The number of hydrogen-bond donors (Lipinski definition) is 2. The molecular formula is C36H68NO6P. The summed E-state index contributed by atoms with van der Waals surface area (Å²) in [6.07, 6.45) is 22.5. The van der Waals surface area contributed by atoms with Gasteiger partial charge in [-0.1, -0.05) is 140 Å². The molecule has 0 fully saturated rings. The molecule has 1 aromatic carbocycles. The summed E-state index contributed by atoms with van der Waals surface area (Å²) < 4.78 is 35.8. The Balaban J connectivity index is 2.25. The van der Waals surface area contributed by atoms with Crippen molar-refractivity contribution in [2.24, 2.45) is 11.7 Å². The lowest BCUT2D eigenvalue weighted by molar-refractivity contribution is -0.0581. The first kappa shape index (κ1) is 41.2. The van der Waals surface area contributed by atoms with Crippen molar-refractivity contribution in [1.29, 1.82) is 0 Å². The Morgan fingerprint density at radius 1 is 0.795 bits per heavy atom. The Labute approximate surface area is 271 Å². The summed E-state index contributed by atoms with van der Waals surface area (Å²) in [6.45, 7) is 9.68. The van der Waals surface area contributed by atoms with Gasteiger partial charge in [-0.3, -0.25) is 9.05 Å². The van der Waals surface area contributed by atoms with Crippen molar-refractivity contribution >= 4 is 7.82 Å². The van der Waals surface area contributed by atoms with E-state index in [0.717, 1.165) is 31.2 Å². The Hall–Kier alpha value is -0.790. The first-order valence-corrected chi connectivity index (χ1v) is 19.3. The van der Waals surface area contributed by atoms with Crippen LogP contribution < -0.4 is 5.73 Å². The number of rotatable bonds is 31. The van der Waals surface area contributed by atoms with Gasteiger partial charge in [0.05, 0.1) is 25.4 Å². The lowest BCUT2D eigenvalue weighted by atomic mass is 9.89. The smallest absolute Gasteiger partial charge is 0.379 e. The first-order chi connectivity index (χ1) is 21.2. The monoisotopic (exact) mass is 641 g/mol. The van der Waals surface area contributed by atoms with Gasteiger partial charge >= 0.3 is 7.82 Å². The van der Waals surface area contributed by atoms with Crippen molar-refractivity contribution in [3.63, 3.8) is 0 Å². The van der Waals surface area contributed by atoms with Crippen LogP contribution in [0.15, 0.2) is 30.3 Å². The summed E-state index contributed by atoms with van der Waals surface area (Å²) in [7, 11) is -4.29. The molecule has 1 aromatic rings. The van der Waals surface area contributed by atoms with Crippen LogP contribution in [0.5, 0.6) is 0 Å². The number of phosphoric acid groups is 1. The molecule has 0 amide bonds. The van der Waals surface area contributed by atoms with E-state index in [1.807, 2.05) is 51.1 Å². The zero-order valence-corrected chi connectivity index (χ0v) is 29.7. The zero-order chi connectivity index (χ0) is 32.4. The predicted molar refractivity (Wildman–Crippen MR) is 184 cm³/mol. The molecule has 0 saturated carbocycles. The van der Waals surface area contributed by atoms with Crippen LogP contribution in [0.1, 0.15) is 149 Å². The fourth-order valence-corrected chi connectivity index (χ4v) is 6.44. The largest absolute Gasteiger partial charge is 0.472 e. The Morgan fingerprint density at radius 3 is 1.84 bits per heavy atom. The maximum Gasteiger partial charge on any atom is 0.472 e. The molecule has 3 unspecified atom stereocenters. The van der Waals surface area contributed by atoms with Crippen LogP contribution in [0.2, 0.25) is 0 Å². The van der Waals surface area contributed by atoms with Gasteiger partial charge in [0.2, 0.25) is 0 Å². The first-order valence-electron chi connectivity index (χ1n) is 17.8. The minimum absolute atomic E-state index is 0.0447. The quantitative estimate of drug-likeness (QED) is 0.0615. The molecule has 258 valence electrons. The number of unbranched alkanes of at least 4 members (excludes halogenated alkanes) is 15. The van der Waals surface area contributed by atoms with E-state index in [1.165, 1.54) is 89.9 Å². The average Bonchev–Trinajstić information content (AvgIpc) is 3.00. The molecule has 0 aliphatic heterocycles. The molecule has 0 aromatic heterocycles. The highest BCUT2D eigenvalue weighted by molar-refractivity contribution is 7.47. The van der Waals surface area contributed by atoms with Gasteiger partial charge in [-0.2, -0.15) is 0 Å². The second-order valence-electron chi connectivity index (χ2n) is 13.1. The molecule has 0 spiro atoms. The van der Waals surface area contributed by atoms with E-state index in [2.05, 4.69) is 6.92 Å². The highest BCUT2D eigenvalue weighted by atomic mass is 31.2. The second-order valence-corrected chi connectivity index (χ2v) is 14.5. The van der Waals surface area contributed by atoms with E-state index in [0.29, 0.717) is 26.4 Å². The second kappa shape index (κ2) is 26.3. The SMILES string of the molecule is CCCCCCCCCCCCCCCCCCOCC(COP(=O)(O)OC(C)(C)C(C)CCCN)OCc1ccccc1. The van der Waals surface area contributed by atoms with E-state index in [1.54, 1.807) is 0 Å². The molecule has 1 rings (SSSR count). The van der Waals surface area contributed by atoms with Gasteiger partial charge in [0.25, 0.3) is 0 Å². The third kappa shape index (κ3) is 22.7. The highest BCUT2D eigenvalue weighted by Gasteiger charge is 2.36. The molecule has 7 nitrogen and oxygen atoms in total. The number of ether oxygens (including phenoxy) is 2. The van der Waals surface area contributed by atoms with E-state index in [9.17, 15) is 9.46 Å². The maximum absolute atomic E-state index is 12.8. The summed E-state index contributed by atoms with van der Waals surface area (Å²) in [6, 6.07) is 9.85. The van der Waals surface area contributed by atoms with Crippen LogP contribution >= 0.6 is 7.82 Å². The summed E-state index contributed by atoms with van der Waals surface area (Å²) in [5, 5.41) is 0. The maximum atomic E-state index is 12.8. The van der Waals surface area contributed by atoms with Crippen molar-refractivity contribution < 1.29 is 28.0 Å². The number of hydrogen-bond acceptors (Lipinski definition) is 6. The number of nitrogens with two attached hydrogens (primary N) is 1. The Kier molecular flexibility index (Phi) is 24.6. The topological polar surface area (TPSA) is 100 Å². The van der Waals surface area contributed by atoms with Gasteiger partial charge in [-0.15, -0.1) is 0 Å². The summed E-state index contributed by atoms with van der Waals surface area (Å²) >= 11 is 0. The summed E-state index contributed by atoms with van der Waals surface area (Å²) in [4.78, 5) is 10.5. The van der Waals surface area contributed by atoms with Gasteiger partial charge in [-0.05, 0) is 51.1 Å². The van der Waals surface area contributed by atoms with Crippen LogP contribution in [-0.2, 0) is 29.7 Å². The van der Waals surface area contributed by atoms with Crippen molar-refractivity contribution in [3.05, 3.63) is 35.9 Å². The lowest BCUT2D eigenvalue weighted by Gasteiger charge is -2.33. The van der Waals surface area contributed by atoms with E-state index in [4.69, 9.17) is 24.3 Å². The molecule has 44 heavy (non-hydrogen) atoms. The van der Waals surface area contributed by atoms with Crippen molar-refractivity contribution in [1.82, 2.24) is 0 Å². The van der Waals surface area contributed by atoms with Crippen LogP contribution in [0.3, 0.4) is 0 Å². The minimum Gasteiger partial charge on any atom is -0.379 e. The van der Waals surface area contributed by atoms with Crippen molar-refractivity contribution in [2.45, 2.75) is 162 Å². The molecule has 8 heteroatoms. The molecule has 0 heterocycles. The predicted octanol–water partition coefficient (Wildman–Crippen LogP) is 10.1. The van der Waals surface area contributed by atoms with Gasteiger partial charge in [0.15, 0.2) is 0 Å². The van der Waals surface area contributed by atoms with Crippen LogP contribution in [-0.4, -0.2) is 43.0 Å². The third-order valence-electron chi connectivity index (χ3n) is 8.58. The standard InChI is InChI=1S/C36H68NO6P/c1-5-6-7-8-9-10-11-12-13-14-15-16-17-18-19-23-29-40-31-35(41-30-34-26-21-20-22-27-34)32-42-44(38,39)43-36(3,4)33(2)25-24-28-37/h20-22,26-27,33,35H,5-19,23-25,28-32,37H2,1-4H3,(H,38,39). The van der Waals surface area contributed by atoms with Gasteiger partial charge in [0.1, 0.15) is 6.10 Å². The lowest BCUT2D eigenvalue weighted by Crippen LogP contribution is -2.33. The fraction of sp³-hybridized carbons (Fsp3) is 0.833. The van der Waals surface area contributed by atoms with Crippen LogP contribution in [0.4, 0.5) is 0 Å². The van der Waals surface area contributed by atoms with Gasteiger partial charge in [-0.25, -0.2) is 4.57 Å². The highest BCUT2D eigenvalue weighted by Crippen LogP contribution is 2.49. The zero-order valence-electron chi connectivity index (χ0n) is 28.8. The van der Waals surface area contributed by atoms with Gasteiger partial charge in [0, 0.05) is 6.61 Å². The molecule has 0 saturated heterocycles. The number of benzene rings is 1. The Morgan fingerprint density at radius 2 is 1.32 bits per heavy atom. The molecule has 0 aliphatic rings. The van der Waals surface area contributed by atoms with E-state index >= 15 is 0 Å². The summed E-state index contributed by atoms with van der Waals surface area (Å²) in [5.74, 6) is 0.0447. The molecule has 0 aliphatic carbocycles. The van der Waals surface area contributed by atoms with Crippen molar-refractivity contribution in [3.8, 4) is 0 Å². The minimum atomic E-state index is -4.29. The summed E-state index contributed by atoms with van der Waals surface area (Å²) in [5.41, 5.74) is 5.82. The van der Waals surface area contributed by atoms with E-state index < -0.39 is 19.5 Å². The van der Waals surface area contributed by atoms with Crippen LogP contribution in [0.25, 0.3) is 0 Å². The average molecular weight is 642 g/mol. The molecule has 0 bridgehead atoms. The molecule has 3 N–H and O–H groups in total. The van der Waals surface area contributed by atoms with E-state index in [-0.39, 0.29) is 12.5 Å². The number of phosphoric ester groups is 1. The molecule has 3 atom stereocenters. The van der Waals surface area contributed by atoms with Gasteiger partial charge < -0.3 is 20.1 Å². The normalized spacial score (nSPS) is 14.9. The Bertz CT molecular complexity index is 824. The van der Waals surface area contributed by atoms with Crippen LogP contribution in [0, 0.1) is 5.92 Å².